The minimum absolute atomic E-state index is 0.0941. The third-order valence-corrected chi connectivity index (χ3v) is 8.40. The molecule has 39 heavy (non-hydrogen) atoms. The highest BCUT2D eigenvalue weighted by Crippen LogP contribution is 2.41. The standard InChI is InChI=1S/C31H28FIN2O3S/c1-2-37-26-17-20(16-25(33)29(26)38-19-21-10-6-8-14-24(21)32)18-34-31-28(23-13-7-9-15-27(23)39-31)30(36)35-22-11-4-3-5-12-22/h3-6,8,10-12,14,16-18H,2,7,9,13,15,19H2,1H3,(H,35,36). The molecule has 0 saturated heterocycles. The normalized spacial score (nSPS) is 12.8. The number of benzene rings is 3. The number of fused-ring (bicyclic) bond motifs is 1. The highest BCUT2D eigenvalue weighted by molar-refractivity contribution is 14.1. The zero-order valence-corrected chi connectivity index (χ0v) is 24.5. The van der Waals surface area contributed by atoms with Crippen molar-refractivity contribution in [3.8, 4) is 11.5 Å². The van der Waals surface area contributed by atoms with Crippen molar-refractivity contribution in [3.05, 3.63) is 103 Å². The monoisotopic (exact) mass is 654 g/mol. The average molecular weight is 655 g/mol. The Balaban J connectivity index is 1.43. The molecule has 0 saturated carbocycles. The van der Waals surface area contributed by atoms with Crippen molar-refractivity contribution in [2.45, 2.75) is 39.2 Å². The molecule has 4 aromatic rings. The van der Waals surface area contributed by atoms with Gasteiger partial charge in [-0.05, 0) is 96.7 Å². The fourth-order valence-corrected chi connectivity index (χ4v) is 6.57. The predicted molar refractivity (Wildman–Crippen MR) is 164 cm³/mol. The predicted octanol–water partition coefficient (Wildman–Crippen LogP) is 8.35. The lowest BCUT2D eigenvalue weighted by Crippen LogP contribution is -2.14. The molecule has 1 aliphatic carbocycles. The highest BCUT2D eigenvalue weighted by Gasteiger charge is 2.25. The van der Waals surface area contributed by atoms with Gasteiger partial charge in [-0.1, -0.05) is 36.4 Å². The van der Waals surface area contributed by atoms with Crippen molar-refractivity contribution < 1.29 is 18.7 Å². The number of hydrogen-bond donors (Lipinski definition) is 1. The second kappa shape index (κ2) is 12.7. The van der Waals surface area contributed by atoms with E-state index in [-0.39, 0.29) is 18.3 Å². The number of amides is 1. The smallest absolute Gasteiger partial charge is 0.259 e. The molecular formula is C31H28FIN2O3S. The van der Waals surface area contributed by atoms with Gasteiger partial charge in [0.15, 0.2) is 11.5 Å². The first-order valence-electron chi connectivity index (χ1n) is 12.9. The summed E-state index contributed by atoms with van der Waals surface area (Å²) in [5.74, 6) is 0.691. The van der Waals surface area contributed by atoms with Crippen LogP contribution in [0.4, 0.5) is 15.1 Å². The van der Waals surface area contributed by atoms with E-state index >= 15 is 0 Å². The van der Waals surface area contributed by atoms with Gasteiger partial charge in [0.25, 0.3) is 5.91 Å². The fourth-order valence-electron chi connectivity index (χ4n) is 4.56. The molecule has 0 fully saturated rings. The highest BCUT2D eigenvalue weighted by atomic mass is 127. The summed E-state index contributed by atoms with van der Waals surface area (Å²) in [7, 11) is 0. The van der Waals surface area contributed by atoms with Crippen molar-refractivity contribution in [1.29, 1.82) is 0 Å². The van der Waals surface area contributed by atoms with Crippen LogP contribution in [0.1, 0.15) is 51.7 Å². The first kappa shape index (κ1) is 27.3. The van der Waals surface area contributed by atoms with Crippen molar-refractivity contribution in [3.63, 3.8) is 0 Å². The van der Waals surface area contributed by atoms with E-state index in [0.717, 1.165) is 46.1 Å². The number of hydrogen-bond acceptors (Lipinski definition) is 5. The molecule has 1 N–H and O–H groups in total. The minimum Gasteiger partial charge on any atom is -0.490 e. The van der Waals surface area contributed by atoms with Crippen LogP contribution in [0.5, 0.6) is 11.5 Å². The van der Waals surface area contributed by atoms with Gasteiger partial charge in [0.2, 0.25) is 0 Å². The number of aryl methyl sites for hydroxylation is 1. The SMILES string of the molecule is CCOc1cc(C=Nc2sc3c(c2C(=O)Nc2ccccc2)CCCC3)cc(I)c1OCc1ccccc1F. The molecular weight excluding hydrogens is 626 g/mol. The van der Waals surface area contributed by atoms with Gasteiger partial charge in [-0.25, -0.2) is 9.38 Å². The molecule has 1 aliphatic rings. The summed E-state index contributed by atoms with van der Waals surface area (Å²) < 4.78 is 26.8. The van der Waals surface area contributed by atoms with Crippen molar-refractivity contribution >= 4 is 56.7 Å². The lowest BCUT2D eigenvalue weighted by atomic mass is 9.95. The lowest BCUT2D eigenvalue weighted by molar-refractivity contribution is 0.102. The van der Waals surface area contributed by atoms with Gasteiger partial charge in [0.1, 0.15) is 17.4 Å². The van der Waals surface area contributed by atoms with Crippen LogP contribution in [-0.4, -0.2) is 18.7 Å². The van der Waals surface area contributed by atoms with E-state index in [4.69, 9.17) is 14.5 Å². The summed E-state index contributed by atoms with van der Waals surface area (Å²) in [4.78, 5) is 19.4. The number of thiophene rings is 1. The largest absolute Gasteiger partial charge is 0.490 e. The molecule has 0 spiro atoms. The third-order valence-electron chi connectivity index (χ3n) is 6.40. The zero-order valence-electron chi connectivity index (χ0n) is 21.5. The van der Waals surface area contributed by atoms with Crippen LogP contribution >= 0.6 is 33.9 Å². The first-order chi connectivity index (χ1) is 19.0. The summed E-state index contributed by atoms with van der Waals surface area (Å²) in [6.45, 7) is 2.45. The summed E-state index contributed by atoms with van der Waals surface area (Å²) in [5, 5.41) is 3.75. The molecule has 200 valence electrons. The second-order valence-corrected chi connectivity index (χ2v) is 11.4. The Morgan fingerprint density at radius 1 is 1.08 bits per heavy atom. The number of nitrogens with zero attached hydrogens (tertiary/aromatic N) is 1. The summed E-state index contributed by atoms with van der Waals surface area (Å²) in [6.07, 6.45) is 5.83. The topological polar surface area (TPSA) is 59.9 Å². The molecule has 8 heteroatoms. The molecule has 0 atom stereocenters. The van der Waals surface area contributed by atoms with Gasteiger partial charge in [0.05, 0.1) is 15.7 Å². The number of carbonyl (C=O) groups excluding carboxylic acids is 1. The maximum absolute atomic E-state index is 14.1. The molecule has 3 aromatic carbocycles. The summed E-state index contributed by atoms with van der Waals surface area (Å²) in [6, 6.07) is 19.9. The number of halogens is 2. The van der Waals surface area contributed by atoms with Gasteiger partial charge < -0.3 is 14.8 Å². The van der Waals surface area contributed by atoms with E-state index in [1.807, 2.05) is 49.4 Å². The summed E-state index contributed by atoms with van der Waals surface area (Å²) in [5.41, 5.74) is 3.84. The minimum atomic E-state index is -0.306. The van der Waals surface area contributed by atoms with Gasteiger partial charge >= 0.3 is 0 Å². The lowest BCUT2D eigenvalue weighted by Gasteiger charge is -2.15. The second-order valence-electron chi connectivity index (χ2n) is 9.11. The Labute approximate surface area is 245 Å². The van der Waals surface area contributed by atoms with E-state index in [9.17, 15) is 9.18 Å². The summed E-state index contributed by atoms with van der Waals surface area (Å²) >= 11 is 3.79. The van der Waals surface area contributed by atoms with Crippen LogP contribution in [0.25, 0.3) is 0 Å². The van der Waals surface area contributed by atoms with Crippen LogP contribution in [0.2, 0.25) is 0 Å². The first-order valence-corrected chi connectivity index (χ1v) is 14.8. The molecule has 5 nitrogen and oxygen atoms in total. The van der Waals surface area contributed by atoms with Crippen molar-refractivity contribution in [2.24, 2.45) is 4.99 Å². The number of rotatable bonds is 9. The maximum atomic E-state index is 14.1. The van der Waals surface area contributed by atoms with E-state index in [0.29, 0.717) is 34.2 Å². The van der Waals surface area contributed by atoms with Gasteiger partial charge in [-0.3, -0.25) is 4.79 Å². The fraction of sp³-hybridized carbons (Fsp3) is 0.226. The van der Waals surface area contributed by atoms with Crippen LogP contribution in [0.15, 0.2) is 71.7 Å². The maximum Gasteiger partial charge on any atom is 0.259 e. The molecule has 0 unspecified atom stereocenters. The van der Waals surface area contributed by atoms with Crippen molar-refractivity contribution in [2.75, 3.05) is 11.9 Å². The van der Waals surface area contributed by atoms with Crippen LogP contribution in [-0.2, 0) is 19.4 Å². The van der Waals surface area contributed by atoms with Gasteiger partial charge in [-0.15, -0.1) is 11.3 Å². The van der Waals surface area contributed by atoms with Crippen LogP contribution < -0.4 is 14.8 Å². The Morgan fingerprint density at radius 3 is 2.64 bits per heavy atom. The van der Waals surface area contributed by atoms with Gasteiger partial charge in [-0.2, -0.15) is 0 Å². The number of ether oxygens (including phenoxy) is 2. The van der Waals surface area contributed by atoms with Crippen LogP contribution in [0.3, 0.4) is 0 Å². The molecule has 0 radical (unpaired) electrons. The Hall–Kier alpha value is -3.24. The third kappa shape index (κ3) is 6.50. The molecule has 0 aliphatic heterocycles. The number of anilines is 1. The molecule has 1 amide bonds. The van der Waals surface area contributed by atoms with E-state index in [1.54, 1.807) is 35.8 Å². The number of nitrogens with one attached hydrogen (secondary N) is 1. The molecule has 0 bridgehead atoms. The van der Waals surface area contributed by atoms with Crippen molar-refractivity contribution in [1.82, 2.24) is 0 Å². The molecule has 1 heterocycles. The zero-order chi connectivity index (χ0) is 27.2. The molecule has 1 aromatic heterocycles. The van der Waals surface area contributed by atoms with Gasteiger partial charge in [0, 0.05) is 22.3 Å². The Morgan fingerprint density at radius 2 is 1.85 bits per heavy atom. The average Bonchev–Trinajstić information content (AvgIpc) is 3.32. The van der Waals surface area contributed by atoms with E-state index < -0.39 is 0 Å². The Bertz CT molecular complexity index is 1500. The Kier molecular flexibility index (Phi) is 8.93. The van der Waals surface area contributed by atoms with E-state index in [2.05, 4.69) is 27.9 Å². The quantitative estimate of drug-likeness (QED) is 0.146. The molecule has 5 rings (SSSR count). The number of carbonyl (C=O) groups is 1. The number of para-hydroxylation sites is 1. The van der Waals surface area contributed by atoms with E-state index in [1.165, 1.54) is 10.9 Å². The number of aliphatic imine (C=N–C) groups is 1. The van der Waals surface area contributed by atoms with Crippen LogP contribution in [0, 0.1) is 9.39 Å².